The Morgan fingerprint density at radius 2 is 1.86 bits per heavy atom. The highest BCUT2D eigenvalue weighted by atomic mass is 19.1. The quantitative estimate of drug-likeness (QED) is 0.479. The lowest BCUT2D eigenvalue weighted by Crippen LogP contribution is -2.24. The zero-order valence-electron chi connectivity index (χ0n) is 16.2. The van der Waals surface area contributed by atoms with Crippen LogP contribution in [0.15, 0.2) is 59.7 Å². The molecule has 0 unspecified atom stereocenters. The molecule has 2 N–H and O–H groups in total. The largest absolute Gasteiger partial charge is 0.339 e. The first kappa shape index (κ1) is 19.4. The third-order valence-electron chi connectivity index (χ3n) is 4.56. The Morgan fingerprint density at radius 3 is 2.57 bits per heavy atom. The van der Waals surface area contributed by atoms with Crippen molar-refractivity contribution < 1.29 is 9.18 Å². The molecule has 0 radical (unpaired) electrons. The number of halogens is 1. The van der Waals surface area contributed by atoms with Gasteiger partial charge in [0, 0.05) is 28.3 Å². The summed E-state index contributed by atoms with van der Waals surface area (Å²) in [5.41, 5.74) is 8.40. The van der Waals surface area contributed by atoms with E-state index in [-0.39, 0.29) is 5.82 Å². The van der Waals surface area contributed by atoms with Crippen LogP contribution in [0.25, 0.3) is 5.69 Å². The first-order valence-electron chi connectivity index (χ1n) is 9.12. The Hall–Kier alpha value is -3.41. The van der Waals surface area contributed by atoms with Crippen molar-refractivity contribution in [3.05, 3.63) is 82.9 Å². The minimum atomic E-state index is -0.493. The summed E-state index contributed by atoms with van der Waals surface area (Å²) in [6.07, 6.45) is 2.57. The fraction of sp³-hybridized carbons (Fsp3) is 0.182. The Morgan fingerprint density at radius 1 is 1.14 bits per heavy atom. The normalized spacial score (nSPS) is 11.0. The summed E-state index contributed by atoms with van der Waals surface area (Å²) in [5.74, 6) is -0.357. The third kappa shape index (κ3) is 4.28. The van der Waals surface area contributed by atoms with Crippen molar-refractivity contribution in [1.82, 2.24) is 9.99 Å². The van der Waals surface area contributed by atoms with Crippen LogP contribution in [0.1, 0.15) is 29.4 Å². The molecule has 2 amide bonds. The van der Waals surface area contributed by atoms with E-state index in [4.69, 9.17) is 0 Å². The summed E-state index contributed by atoms with van der Waals surface area (Å²) in [7, 11) is 0. The fourth-order valence-electron chi connectivity index (χ4n) is 3.17. The van der Waals surface area contributed by atoms with E-state index in [2.05, 4.69) is 39.5 Å². The van der Waals surface area contributed by atoms with Crippen molar-refractivity contribution in [1.29, 1.82) is 0 Å². The van der Waals surface area contributed by atoms with Gasteiger partial charge in [0.1, 0.15) is 5.82 Å². The van der Waals surface area contributed by atoms with Crippen LogP contribution in [0.5, 0.6) is 0 Å². The lowest BCUT2D eigenvalue weighted by atomic mass is 10.1. The SMILES string of the molecule is CCc1ccccc1-n1c(C)cc(/C=N/NC(=O)Nc2ccc(F)cc2)c1C. The van der Waals surface area contributed by atoms with Gasteiger partial charge in [0.25, 0.3) is 0 Å². The van der Waals surface area contributed by atoms with Gasteiger partial charge in [-0.15, -0.1) is 0 Å². The average Bonchev–Trinajstić information content (AvgIpc) is 2.97. The molecule has 0 saturated heterocycles. The maximum Gasteiger partial charge on any atom is 0.339 e. The van der Waals surface area contributed by atoms with E-state index in [1.807, 2.05) is 32.0 Å². The van der Waals surface area contributed by atoms with E-state index < -0.39 is 6.03 Å². The fourth-order valence-corrected chi connectivity index (χ4v) is 3.17. The van der Waals surface area contributed by atoms with Crippen LogP contribution >= 0.6 is 0 Å². The van der Waals surface area contributed by atoms with E-state index in [0.29, 0.717) is 5.69 Å². The number of carbonyl (C=O) groups excluding carboxylic acids is 1. The Bertz CT molecular complexity index is 1010. The van der Waals surface area contributed by atoms with Gasteiger partial charge in [-0.25, -0.2) is 14.6 Å². The number of urea groups is 1. The van der Waals surface area contributed by atoms with E-state index in [1.165, 1.54) is 29.8 Å². The molecule has 0 fully saturated rings. The number of anilines is 1. The van der Waals surface area contributed by atoms with E-state index in [1.54, 1.807) is 6.21 Å². The zero-order valence-corrected chi connectivity index (χ0v) is 16.2. The van der Waals surface area contributed by atoms with Crippen LogP contribution in [-0.2, 0) is 6.42 Å². The van der Waals surface area contributed by atoms with Gasteiger partial charge in [0.2, 0.25) is 0 Å². The molecule has 144 valence electrons. The van der Waals surface area contributed by atoms with Crippen molar-refractivity contribution in [2.24, 2.45) is 5.10 Å². The maximum absolute atomic E-state index is 12.9. The molecular weight excluding hydrogens is 355 g/mol. The maximum atomic E-state index is 12.9. The summed E-state index contributed by atoms with van der Waals surface area (Å²) in [5, 5.41) is 6.62. The molecule has 2 aromatic carbocycles. The van der Waals surface area contributed by atoms with Crippen LogP contribution < -0.4 is 10.7 Å². The molecule has 0 aliphatic rings. The molecule has 0 saturated carbocycles. The summed E-state index contributed by atoms with van der Waals surface area (Å²) < 4.78 is 15.1. The number of nitrogens with one attached hydrogen (secondary N) is 2. The van der Waals surface area contributed by atoms with Crippen LogP contribution in [0.4, 0.5) is 14.9 Å². The molecule has 5 nitrogen and oxygen atoms in total. The van der Waals surface area contributed by atoms with Gasteiger partial charge in [0.05, 0.1) is 6.21 Å². The molecule has 0 aliphatic heterocycles. The van der Waals surface area contributed by atoms with Gasteiger partial charge in [-0.3, -0.25) is 0 Å². The number of hydrogen-bond acceptors (Lipinski definition) is 2. The summed E-state index contributed by atoms with van der Waals surface area (Å²) in [6.45, 7) is 6.21. The Kier molecular flexibility index (Phi) is 5.89. The molecule has 28 heavy (non-hydrogen) atoms. The summed E-state index contributed by atoms with van der Waals surface area (Å²) >= 11 is 0. The number of nitrogens with zero attached hydrogens (tertiary/aromatic N) is 2. The standard InChI is InChI=1S/C22H23FN4O/c1-4-17-7-5-6-8-21(17)27-15(2)13-18(16(27)3)14-24-26-22(28)25-20-11-9-19(23)10-12-20/h5-14H,4H2,1-3H3,(H2,25,26,28)/b24-14+. The highest BCUT2D eigenvalue weighted by Gasteiger charge is 2.11. The number of aryl methyl sites for hydroxylation is 2. The smallest absolute Gasteiger partial charge is 0.318 e. The average molecular weight is 378 g/mol. The lowest BCUT2D eigenvalue weighted by Gasteiger charge is -2.13. The van der Waals surface area contributed by atoms with Gasteiger partial charge in [-0.1, -0.05) is 25.1 Å². The molecule has 6 heteroatoms. The number of benzene rings is 2. The highest BCUT2D eigenvalue weighted by Crippen LogP contribution is 2.23. The predicted molar refractivity (Wildman–Crippen MR) is 111 cm³/mol. The molecule has 0 spiro atoms. The van der Waals surface area contributed by atoms with E-state index in [0.717, 1.165) is 29.1 Å². The second-order valence-corrected chi connectivity index (χ2v) is 6.48. The number of para-hydroxylation sites is 1. The van der Waals surface area contributed by atoms with Crippen LogP contribution in [0, 0.1) is 19.7 Å². The number of aromatic nitrogens is 1. The molecule has 0 atom stereocenters. The van der Waals surface area contributed by atoms with Crippen LogP contribution in [0.3, 0.4) is 0 Å². The molecule has 1 heterocycles. The van der Waals surface area contributed by atoms with Gasteiger partial charge in [-0.05, 0) is 62.2 Å². The molecule has 0 bridgehead atoms. The van der Waals surface area contributed by atoms with Crippen molar-refractivity contribution in [3.8, 4) is 5.69 Å². The number of hydrazone groups is 1. The summed E-state index contributed by atoms with van der Waals surface area (Å²) in [6, 6.07) is 15.4. The second-order valence-electron chi connectivity index (χ2n) is 6.48. The monoisotopic (exact) mass is 378 g/mol. The molecule has 1 aromatic heterocycles. The zero-order chi connectivity index (χ0) is 20.1. The van der Waals surface area contributed by atoms with Gasteiger partial charge in [-0.2, -0.15) is 5.10 Å². The molecule has 0 aliphatic carbocycles. The van der Waals surface area contributed by atoms with Crippen LogP contribution in [0.2, 0.25) is 0 Å². The number of amides is 2. The molecular formula is C22H23FN4O. The molecule has 3 aromatic rings. The number of carbonyl (C=O) groups is 1. The van der Waals surface area contributed by atoms with Gasteiger partial charge >= 0.3 is 6.03 Å². The second kappa shape index (κ2) is 8.52. The number of rotatable bonds is 5. The number of hydrogen-bond donors (Lipinski definition) is 2. The van der Waals surface area contributed by atoms with Crippen molar-refractivity contribution in [2.45, 2.75) is 27.2 Å². The highest BCUT2D eigenvalue weighted by molar-refractivity contribution is 5.90. The van der Waals surface area contributed by atoms with Crippen molar-refractivity contribution >= 4 is 17.9 Å². The summed E-state index contributed by atoms with van der Waals surface area (Å²) in [4.78, 5) is 11.9. The first-order valence-corrected chi connectivity index (χ1v) is 9.12. The minimum absolute atomic E-state index is 0.357. The van der Waals surface area contributed by atoms with Crippen LogP contribution in [-0.4, -0.2) is 16.8 Å². The lowest BCUT2D eigenvalue weighted by molar-refractivity contribution is 0.252. The van der Waals surface area contributed by atoms with E-state index >= 15 is 0 Å². The minimum Gasteiger partial charge on any atom is -0.318 e. The molecule has 3 rings (SSSR count). The van der Waals surface area contributed by atoms with Crippen molar-refractivity contribution in [2.75, 3.05) is 5.32 Å². The topological polar surface area (TPSA) is 58.4 Å². The predicted octanol–water partition coefficient (Wildman–Crippen LogP) is 4.95. The Labute approximate surface area is 163 Å². The van der Waals surface area contributed by atoms with Crippen molar-refractivity contribution in [3.63, 3.8) is 0 Å². The van der Waals surface area contributed by atoms with Gasteiger partial charge in [0.15, 0.2) is 0 Å². The van der Waals surface area contributed by atoms with E-state index in [9.17, 15) is 9.18 Å². The third-order valence-corrected chi connectivity index (χ3v) is 4.56. The first-order chi connectivity index (χ1) is 13.5. The van der Waals surface area contributed by atoms with Gasteiger partial charge < -0.3 is 9.88 Å². The Balaban J connectivity index is 1.73.